The molecule has 30 heavy (non-hydrogen) atoms. The highest BCUT2D eigenvalue weighted by molar-refractivity contribution is 14.1. The van der Waals surface area contributed by atoms with E-state index in [-0.39, 0.29) is 17.9 Å². The van der Waals surface area contributed by atoms with Gasteiger partial charge in [0.05, 0.1) is 29.8 Å². The molecular weight excluding hydrogens is 509 g/mol. The minimum absolute atomic E-state index is 0.00549. The first-order valence-electron chi connectivity index (χ1n) is 8.42. The van der Waals surface area contributed by atoms with Gasteiger partial charge < -0.3 is 18.9 Å². The van der Waals surface area contributed by atoms with Crippen molar-refractivity contribution in [2.45, 2.75) is 6.61 Å². The van der Waals surface area contributed by atoms with Gasteiger partial charge in [-0.1, -0.05) is 0 Å². The molecule has 0 atom stereocenters. The lowest BCUT2D eigenvalue weighted by Gasteiger charge is -2.14. The predicted octanol–water partition coefficient (Wildman–Crippen LogP) is 3.52. The number of hydrogen-bond acceptors (Lipinski definition) is 8. The van der Waals surface area contributed by atoms with Crippen LogP contribution < -0.4 is 9.47 Å². The first-order chi connectivity index (χ1) is 14.3. The molecule has 0 aliphatic rings. The van der Waals surface area contributed by atoms with Gasteiger partial charge in [-0.2, -0.15) is 0 Å². The zero-order valence-electron chi connectivity index (χ0n) is 16.3. The summed E-state index contributed by atoms with van der Waals surface area (Å²) in [5.41, 5.74) is 0.970. The number of carbonyl (C=O) groups is 2. The van der Waals surface area contributed by atoms with Crippen molar-refractivity contribution in [1.29, 1.82) is 0 Å². The van der Waals surface area contributed by atoms with Crippen LogP contribution in [0.1, 0.15) is 11.1 Å². The average Bonchev–Trinajstić information content (AvgIpc) is 2.75. The number of esters is 2. The number of ether oxygens (including phenoxy) is 4. The Morgan fingerprint density at radius 2 is 1.67 bits per heavy atom. The molecule has 0 aliphatic carbocycles. The lowest BCUT2D eigenvalue weighted by molar-refractivity contribution is -0.384. The molecule has 158 valence electrons. The quantitative estimate of drug-likeness (QED) is 0.0975. The standard InChI is InChI=1S/C20H18INO8/c1-27-17-10-13(8-15(19(23)28-2)20(24)29-3)9-16(21)18(17)30-11-12-4-6-14(7-5-12)22(25)26/h4-10H,11H2,1-3H3. The monoisotopic (exact) mass is 527 g/mol. The molecule has 10 heteroatoms. The predicted molar refractivity (Wildman–Crippen MR) is 115 cm³/mol. The minimum Gasteiger partial charge on any atom is -0.493 e. The molecule has 0 saturated carbocycles. The van der Waals surface area contributed by atoms with Gasteiger partial charge in [0.2, 0.25) is 0 Å². The van der Waals surface area contributed by atoms with Gasteiger partial charge in [-0.05, 0) is 64.1 Å². The Kier molecular flexibility index (Phi) is 8.16. The van der Waals surface area contributed by atoms with Crippen molar-refractivity contribution in [3.05, 3.63) is 66.8 Å². The fraction of sp³-hybridized carbons (Fsp3) is 0.200. The summed E-state index contributed by atoms with van der Waals surface area (Å²) in [6.45, 7) is 0.162. The van der Waals surface area contributed by atoms with E-state index in [0.717, 1.165) is 5.56 Å². The van der Waals surface area contributed by atoms with E-state index in [2.05, 4.69) is 9.47 Å². The SMILES string of the molecule is COC(=O)C(=Cc1cc(I)c(OCc2ccc([N+](=O)[O-])cc2)c(OC)c1)C(=O)OC. The second-order valence-electron chi connectivity index (χ2n) is 5.79. The van der Waals surface area contributed by atoms with Crippen molar-refractivity contribution in [2.24, 2.45) is 0 Å². The molecule has 0 aromatic heterocycles. The molecule has 0 heterocycles. The van der Waals surface area contributed by atoms with Crippen LogP contribution in [0.4, 0.5) is 5.69 Å². The van der Waals surface area contributed by atoms with Crippen molar-refractivity contribution in [2.75, 3.05) is 21.3 Å². The molecular formula is C20H18INO8. The Hall–Kier alpha value is -3.15. The molecule has 0 bridgehead atoms. The Bertz CT molecular complexity index is 967. The molecule has 0 unspecified atom stereocenters. The molecule has 0 aliphatic heterocycles. The van der Waals surface area contributed by atoms with E-state index in [1.165, 1.54) is 39.5 Å². The number of hydrogen-bond donors (Lipinski definition) is 0. The Labute approximate surface area is 185 Å². The normalized spacial score (nSPS) is 10.0. The number of benzene rings is 2. The van der Waals surface area contributed by atoms with Gasteiger partial charge in [-0.25, -0.2) is 9.59 Å². The molecule has 0 saturated heterocycles. The Morgan fingerprint density at radius 1 is 1.07 bits per heavy atom. The van der Waals surface area contributed by atoms with Gasteiger partial charge >= 0.3 is 11.9 Å². The van der Waals surface area contributed by atoms with Crippen molar-refractivity contribution >= 4 is 46.3 Å². The van der Waals surface area contributed by atoms with Crippen LogP contribution in [0.15, 0.2) is 42.0 Å². The topological polar surface area (TPSA) is 114 Å². The van der Waals surface area contributed by atoms with Crippen LogP contribution in [0, 0.1) is 13.7 Å². The summed E-state index contributed by atoms with van der Waals surface area (Å²) < 4.78 is 21.1. The van der Waals surface area contributed by atoms with Gasteiger partial charge in [-0.3, -0.25) is 10.1 Å². The van der Waals surface area contributed by atoms with Crippen molar-refractivity contribution in [3.8, 4) is 11.5 Å². The van der Waals surface area contributed by atoms with Gasteiger partial charge in [0.25, 0.3) is 5.69 Å². The first-order valence-corrected chi connectivity index (χ1v) is 9.50. The van der Waals surface area contributed by atoms with Crippen LogP contribution in [0.25, 0.3) is 6.08 Å². The van der Waals surface area contributed by atoms with Crippen molar-refractivity contribution in [3.63, 3.8) is 0 Å². The summed E-state index contributed by atoms with van der Waals surface area (Å²) in [6.07, 6.45) is 1.34. The lowest BCUT2D eigenvalue weighted by atomic mass is 10.1. The van der Waals surface area contributed by atoms with E-state index < -0.39 is 16.9 Å². The molecule has 0 radical (unpaired) electrons. The average molecular weight is 527 g/mol. The third-order valence-corrected chi connectivity index (χ3v) is 4.71. The van der Waals surface area contributed by atoms with Crippen LogP contribution >= 0.6 is 22.6 Å². The number of methoxy groups -OCH3 is 3. The number of non-ortho nitro benzene ring substituents is 1. The highest BCUT2D eigenvalue weighted by Gasteiger charge is 2.21. The smallest absolute Gasteiger partial charge is 0.345 e. The summed E-state index contributed by atoms with van der Waals surface area (Å²) in [6, 6.07) is 9.30. The molecule has 0 spiro atoms. The lowest BCUT2D eigenvalue weighted by Crippen LogP contribution is -2.15. The number of rotatable bonds is 8. The molecule has 0 fully saturated rings. The van der Waals surface area contributed by atoms with Gasteiger partial charge in [0.1, 0.15) is 12.2 Å². The maximum Gasteiger partial charge on any atom is 0.345 e. The van der Waals surface area contributed by atoms with E-state index in [4.69, 9.17) is 9.47 Å². The van der Waals surface area contributed by atoms with Crippen LogP contribution in [0.2, 0.25) is 0 Å². The van der Waals surface area contributed by atoms with Gasteiger partial charge in [0, 0.05) is 12.1 Å². The zero-order chi connectivity index (χ0) is 22.3. The summed E-state index contributed by atoms with van der Waals surface area (Å²) in [5, 5.41) is 10.7. The van der Waals surface area contributed by atoms with Gasteiger partial charge in [0.15, 0.2) is 11.5 Å². The molecule has 0 N–H and O–H groups in total. The maximum absolute atomic E-state index is 11.9. The van der Waals surface area contributed by atoms with Gasteiger partial charge in [-0.15, -0.1) is 0 Å². The second-order valence-corrected chi connectivity index (χ2v) is 6.95. The van der Waals surface area contributed by atoms with Crippen LogP contribution in [-0.4, -0.2) is 38.2 Å². The Morgan fingerprint density at radius 3 is 2.17 bits per heavy atom. The van der Waals surface area contributed by atoms with Crippen LogP contribution in [0.3, 0.4) is 0 Å². The number of carbonyl (C=O) groups excluding carboxylic acids is 2. The molecule has 2 rings (SSSR count). The Balaban J connectivity index is 2.30. The number of nitrogens with zero attached hydrogens (tertiary/aromatic N) is 1. The van der Waals surface area contributed by atoms with E-state index in [9.17, 15) is 19.7 Å². The third-order valence-electron chi connectivity index (χ3n) is 3.90. The fourth-order valence-corrected chi connectivity index (χ4v) is 3.20. The molecule has 2 aromatic carbocycles. The summed E-state index contributed by atoms with van der Waals surface area (Å²) in [4.78, 5) is 34.0. The summed E-state index contributed by atoms with van der Waals surface area (Å²) in [5.74, 6) is -0.820. The number of nitro benzene ring substituents is 1. The highest BCUT2D eigenvalue weighted by Crippen LogP contribution is 2.35. The van der Waals surface area contributed by atoms with E-state index in [1.807, 2.05) is 22.6 Å². The van der Waals surface area contributed by atoms with Crippen LogP contribution in [-0.2, 0) is 25.7 Å². The molecule has 9 nitrogen and oxygen atoms in total. The van der Waals surface area contributed by atoms with E-state index >= 15 is 0 Å². The van der Waals surface area contributed by atoms with Crippen molar-refractivity contribution < 1.29 is 33.5 Å². The van der Waals surface area contributed by atoms with E-state index in [1.54, 1.807) is 24.3 Å². The second kappa shape index (κ2) is 10.6. The fourth-order valence-electron chi connectivity index (χ4n) is 2.42. The number of nitro groups is 1. The maximum atomic E-state index is 11.9. The largest absolute Gasteiger partial charge is 0.493 e. The summed E-state index contributed by atoms with van der Waals surface area (Å²) >= 11 is 2.04. The zero-order valence-corrected chi connectivity index (χ0v) is 18.5. The number of halogens is 1. The van der Waals surface area contributed by atoms with E-state index in [0.29, 0.717) is 20.6 Å². The summed E-state index contributed by atoms with van der Waals surface area (Å²) in [7, 11) is 3.79. The highest BCUT2D eigenvalue weighted by atomic mass is 127. The molecule has 2 aromatic rings. The third kappa shape index (κ3) is 5.69. The first kappa shape index (κ1) is 23.1. The molecule has 0 amide bonds. The van der Waals surface area contributed by atoms with Crippen molar-refractivity contribution in [1.82, 2.24) is 0 Å². The minimum atomic E-state index is -0.825. The van der Waals surface area contributed by atoms with Crippen LogP contribution in [0.5, 0.6) is 11.5 Å².